The third-order valence-corrected chi connectivity index (χ3v) is 13.2. The predicted octanol–water partition coefficient (Wildman–Crippen LogP) is 7.98. The Balaban J connectivity index is 0.854. The largest absolute Gasteiger partial charge is 0.392 e. The number of hydrogen-bond acceptors (Lipinski definition) is 6. The van der Waals surface area contributed by atoms with Crippen molar-refractivity contribution in [3.05, 3.63) is 131 Å². The van der Waals surface area contributed by atoms with Gasteiger partial charge in [-0.25, -0.2) is 4.79 Å². The smallest absolute Gasteiger partial charge is 0.315 e. The van der Waals surface area contributed by atoms with Gasteiger partial charge in [0.05, 0.1) is 18.8 Å². The number of aliphatic hydroxyl groups excluding tert-OH is 1. The molecule has 55 heavy (non-hydrogen) atoms. The highest BCUT2D eigenvalue weighted by atomic mass is 16.7. The zero-order valence-corrected chi connectivity index (χ0v) is 32.0. The Morgan fingerprint density at radius 2 is 1.33 bits per heavy atom. The summed E-state index contributed by atoms with van der Waals surface area (Å²) < 4.78 is 13.5. The van der Waals surface area contributed by atoms with Crippen LogP contribution in [0, 0.1) is 17.8 Å². The molecular formula is C47H56N4O4. The summed E-state index contributed by atoms with van der Waals surface area (Å²) in [6, 6.07) is 35.7. The topological polar surface area (TPSA) is 86.3 Å². The van der Waals surface area contributed by atoms with Crippen molar-refractivity contribution in [3.63, 3.8) is 0 Å². The van der Waals surface area contributed by atoms with E-state index in [1.807, 2.05) is 18.2 Å². The molecule has 0 radical (unpaired) electrons. The SMILES string of the molecule is O=C(NCc1ccccc1-c1ccc(C2OC(CN3CCN(Cc4ccccc4)CC3)CC(c3ccc(CO)cc3)O2)cc1)NC12CC3CC(CC(C3)C1)C2. The zero-order chi connectivity index (χ0) is 37.2. The third-order valence-electron chi connectivity index (χ3n) is 13.2. The average molecular weight is 741 g/mol. The first-order valence-corrected chi connectivity index (χ1v) is 20.7. The fourth-order valence-corrected chi connectivity index (χ4v) is 10.8. The fourth-order valence-electron chi connectivity index (χ4n) is 10.8. The van der Waals surface area contributed by atoms with Crippen LogP contribution >= 0.6 is 0 Å². The molecule has 10 rings (SSSR count). The van der Waals surface area contributed by atoms with Gasteiger partial charge >= 0.3 is 6.03 Å². The molecule has 2 amide bonds. The van der Waals surface area contributed by atoms with Crippen LogP contribution in [0.2, 0.25) is 0 Å². The second-order valence-corrected chi connectivity index (χ2v) is 17.2. The van der Waals surface area contributed by atoms with Gasteiger partial charge in [0.2, 0.25) is 0 Å². The maximum absolute atomic E-state index is 13.3. The number of benzene rings is 4. The first-order chi connectivity index (χ1) is 27.0. The lowest BCUT2D eigenvalue weighted by atomic mass is 9.53. The Labute approximate surface area is 326 Å². The quantitative estimate of drug-likeness (QED) is 0.145. The van der Waals surface area contributed by atoms with Crippen LogP contribution in [0.3, 0.4) is 0 Å². The normalized spacial score (nSPS) is 29.3. The Kier molecular flexibility index (Phi) is 10.8. The molecule has 2 saturated heterocycles. The van der Waals surface area contributed by atoms with Gasteiger partial charge in [0.1, 0.15) is 0 Å². The Bertz CT molecular complexity index is 1860. The number of ether oxygens (including phenoxy) is 2. The molecule has 4 bridgehead atoms. The second-order valence-electron chi connectivity index (χ2n) is 17.2. The number of piperazine rings is 1. The highest BCUT2D eigenvalue weighted by Gasteiger charge is 2.51. The van der Waals surface area contributed by atoms with Crippen LogP contribution in [0.25, 0.3) is 11.1 Å². The molecule has 3 atom stereocenters. The Hall–Kier alpha value is -4.05. The van der Waals surface area contributed by atoms with Gasteiger partial charge in [-0.05, 0) is 89.7 Å². The minimum atomic E-state index is -0.500. The number of carbonyl (C=O) groups is 1. The number of hydrogen-bond donors (Lipinski definition) is 3. The summed E-state index contributed by atoms with van der Waals surface area (Å²) in [5.41, 5.74) is 7.65. The molecule has 4 aromatic rings. The van der Waals surface area contributed by atoms with Crippen LogP contribution in [-0.2, 0) is 29.2 Å². The summed E-state index contributed by atoms with van der Waals surface area (Å²) >= 11 is 0. The molecule has 2 aliphatic heterocycles. The van der Waals surface area contributed by atoms with Crippen molar-refractivity contribution in [1.82, 2.24) is 20.4 Å². The zero-order valence-electron chi connectivity index (χ0n) is 32.0. The van der Waals surface area contributed by atoms with Gasteiger partial charge in [0.15, 0.2) is 6.29 Å². The Morgan fingerprint density at radius 3 is 2.02 bits per heavy atom. The maximum atomic E-state index is 13.3. The van der Waals surface area contributed by atoms with E-state index in [0.29, 0.717) is 6.54 Å². The van der Waals surface area contributed by atoms with E-state index in [1.54, 1.807) is 0 Å². The number of nitrogens with one attached hydrogen (secondary N) is 2. The van der Waals surface area contributed by atoms with Gasteiger partial charge in [-0.3, -0.25) is 9.80 Å². The van der Waals surface area contributed by atoms with Crippen LogP contribution in [0.15, 0.2) is 103 Å². The molecule has 0 spiro atoms. The molecule has 288 valence electrons. The first kappa shape index (κ1) is 36.6. The lowest BCUT2D eigenvalue weighted by Crippen LogP contribution is -2.61. The summed E-state index contributed by atoms with van der Waals surface area (Å²) in [5, 5.41) is 16.3. The number of nitrogens with zero attached hydrogens (tertiary/aromatic N) is 2. The maximum Gasteiger partial charge on any atom is 0.315 e. The number of aliphatic hydroxyl groups is 1. The van der Waals surface area contributed by atoms with E-state index in [0.717, 1.165) is 116 Å². The third kappa shape index (κ3) is 8.54. The molecule has 8 heteroatoms. The summed E-state index contributed by atoms with van der Waals surface area (Å²) in [7, 11) is 0. The van der Waals surface area contributed by atoms with Crippen molar-refractivity contribution in [2.75, 3.05) is 32.7 Å². The van der Waals surface area contributed by atoms with Gasteiger partial charge in [-0.1, -0.05) is 103 Å². The summed E-state index contributed by atoms with van der Waals surface area (Å²) in [4.78, 5) is 18.4. The van der Waals surface area contributed by atoms with Gasteiger partial charge in [0, 0.05) is 63.3 Å². The van der Waals surface area contributed by atoms with E-state index in [9.17, 15) is 9.90 Å². The van der Waals surface area contributed by atoms with Crippen molar-refractivity contribution in [1.29, 1.82) is 0 Å². The van der Waals surface area contributed by atoms with E-state index >= 15 is 0 Å². The highest BCUT2D eigenvalue weighted by Crippen LogP contribution is 2.55. The lowest BCUT2D eigenvalue weighted by Gasteiger charge is -2.56. The van der Waals surface area contributed by atoms with Crippen molar-refractivity contribution in [2.24, 2.45) is 17.8 Å². The molecule has 6 fully saturated rings. The summed E-state index contributed by atoms with van der Waals surface area (Å²) in [5.74, 6) is 2.38. The van der Waals surface area contributed by atoms with E-state index in [4.69, 9.17) is 9.47 Å². The van der Waals surface area contributed by atoms with Gasteiger partial charge in [-0.15, -0.1) is 0 Å². The number of rotatable bonds is 11. The van der Waals surface area contributed by atoms with Crippen molar-refractivity contribution in [3.8, 4) is 11.1 Å². The molecule has 3 unspecified atom stereocenters. The molecule has 3 N–H and O–H groups in total. The van der Waals surface area contributed by atoms with Crippen molar-refractivity contribution < 1.29 is 19.4 Å². The van der Waals surface area contributed by atoms with E-state index in [-0.39, 0.29) is 30.4 Å². The standard InChI is InChI=1S/C47H56N4O4/c52-32-34-10-12-39(13-11-34)44-25-42(31-51-20-18-50(19-21-51)30-33-6-2-1-3-7-33)54-45(55-44)40-16-14-38(15-17-40)43-9-5-4-8-41(43)29-48-46(53)49-47-26-35-22-36(27-47)24-37(23-35)28-47/h1-17,35-37,42,44-45,52H,18-32H2,(H2,48,49,53). The molecule has 0 aromatic heterocycles. The molecule has 2 heterocycles. The summed E-state index contributed by atoms with van der Waals surface area (Å²) in [6.07, 6.45) is 7.69. The van der Waals surface area contributed by atoms with Gasteiger partial charge in [-0.2, -0.15) is 0 Å². The van der Waals surface area contributed by atoms with Gasteiger partial charge in [0.25, 0.3) is 0 Å². The van der Waals surface area contributed by atoms with E-state index in [2.05, 4.69) is 105 Å². The number of urea groups is 1. The minimum Gasteiger partial charge on any atom is -0.392 e. The lowest BCUT2D eigenvalue weighted by molar-refractivity contribution is -0.253. The summed E-state index contributed by atoms with van der Waals surface area (Å²) in [6.45, 7) is 6.46. The Morgan fingerprint density at radius 1 is 0.691 bits per heavy atom. The average Bonchev–Trinajstić information content (AvgIpc) is 3.21. The first-order valence-electron chi connectivity index (χ1n) is 20.7. The minimum absolute atomic E-state index is 0.00412. The van der Waals surface area contributed by atoms with Crippen LogP contribution in [0.5, 0.6) is 0 Å². The van der Waals surface area contributed by atoms with Crippen molar-refractivity contribution >= 4 is 6.03 Å². The van der Waals surface area contributed by atoms with Crippen LogP contribution < -0.4 is 10.6 Å². The fraction of sp³-hybridized carbons (Fsp3) is 0.468. The molecule has 4 aromatic carbocycles. The highest BCUT2D eigenvalue weighted by molar-refractivity contribution is 5.76. The molecule has 6 aliphatic rings. The molecule has 8 nitrogen and oxygen atoms in total. The van der Waals surface area contributed by atoms with Crippen LogP contribution in [0.1, 0.15) is 85.2 Å². The number of amides is 2. The monoisotopic (exact) mass is 740 g/mol. The number of carbonyl (C=O) groups excluding carboxylic acids is 1. The van der Waals surface area contributed by atoms with E-state index < -0.39 is 6.29 Å². The molecular weight excluding hydrogens is 685 g/mol. The van der Waals surface area contributed by atoms with Gasteiger partial charge < -0.3 is 25.2 Å². The molecule has 4 aliphatic carbocycles. The predicted molar refractivity (Wildman–Crippen MR) is 215 cm³/mol. The van der Waals surface area contributed by atoms with Crippen LogP contribution in [0.4, 0.5) is 4.79 Å². The molecule has 4 saturated carbocycles. The second kappa shape index (κ2) is 16.2. The van der Waals surface area contributed by atoms with Crippen molar-refractivity contribution in [2.45, 2.75) is 88.7 Å². The van der Waals surface area contributed by atoms with E-state index in [1.165, 1.54) is 24.8 Å². The van der Waals surface area contributed by atoms with Crippen LogP contribution in [-0.4, -0.2) is 65.3 Å².